The Morgan fingerprint density at radius 2 is 1.93 bits per heavy atom. The molecule has 6 heteroatoms. The van der Waals surface area contributed by atoms with Gasteiger partial charge in [-0.05, 0) is 12.1 Å². The third-order valence-electron chi connectivity index (χ3n) is 1.84. The molecule has 1 rings (SSSR count). The van der Waals surface area contributed by atoms with Crippen molar-refractivity contribution in [1.82, 2.24) is 0 Å². The van der Waals surface area contributed by atoms with E-state index in [2.05, 4.69) is 31.9 Å². The Labute approximate surface area is 102 Å². The predicted octanol–water partition coefficient (Wildman–Crippen LogP) is 4.37. The summed E-state index contributed by atoms with van der Waals surface area (Å²) in [6.45, 7) is 0. The summed E-state index contributed by atoms with van der Waals surface area (Å²) >= 11 is 6.27. The van der Waals surface area contributed by atoms with Crippen LogP contribution >= 0.6 is 31.9 Å². The average molecular weight is 348 g/mol. The highest BCUT2D eigenvalue weighted by Gasteiger charge is 2.32. The van der Waals surface area contributed by atoms with Crippen molar-refractivity contribution in [3.63, 3.8) is 0 Å². The number of rotatable bonds is 2. The molecule has 0 unspecified atom stereocenters. The van der Waals surface area contributed by atoms with E-state index in [9.17, 15) is 13.2 Å². The normalized spacial score (nSPS) is 11.6. The lowest BCUT2D eigenvalue weighted by molar-refractivity contribution is -0.137. The highest BCUT2D eigenvalue weighted by atomic mass is 79.9. The second-order valence-corrected chi connectivity index (χ2v) is 4.19. The number of alkyl halides is 4. The lowest BCUT2D eigenvalue weighted by Crippen LogP contribution is -2.06. The van der Waals surface area contributed by atoms with Crippen molar-refractivity contribution in [3.05, 3.63) is 27.7 Å². The summed E-state index contributed by atoms with van der Waals surface area (Å²) in [7, 11) is 1.34. The molecule has 0 heterocycles. The van der Waals surface area contributed by atoms with Crippen molar-refractivity contribution < 1.29 is 17.9 Å². The molecule has 0 saturated carbocycles. The minimum atomic E-state index is -4.36. The van der Waals surface area contributed by atoms with E-state index in [-0.39, 0.29) is 5.75 Å². The fourth-order valence-electron chi connectivity index (χ4n) is 1.09. The number of methoxy groups -OCH3 is 1. The number of hydrogen-bond donors (Lipinski definition) is 0. The minimum Gasteiger partial charge on any atom is -0.496 e. The molecule has 1 aromatic carbocycles. The quantitative estimate of drug-likeness (QED) is 0.722. The second-order valence-electron chi connectivity index (χ2n) is 2.77. The van der Waals surface area contributed by atoms with Crippen LogP contribution < -0.4 is 4.74 Å². The van der Waals surface area contributed by atoms with Crippen molar-refractivity contribution in [2.75, 3.05) is 7.11 Å². The molecule has 0 N–H and O–H groups in total. The fourth-order valence-corrected chi connectivity index (χ4v) is 2.62. The van der Waals surface area contributed by atoms with Gasteiger partial charge < -0.3 is 4.74 Å². The van der Waals surface area contributed by atoms with E-state index in [0.29, 0.717) is 15.4 Å². The van der Waals surface area contributed by atoms with E-state index in [1.807, 2.05) is 0 Å². The smallest absolute Gasteiger partial charge is 0.416 e. The first-order valence-corrected chi connectivity index (χ1v) is 5.81. The van der Waals surface area contributed by atoms with Gasteiger partial charge in [0.2, 0.25) is 0 Å². The molecule has 0 aliphatic carbocycles. The Bertz CT molecular complexity index is 363. The molecule has 0 saturated heterocycles. The minimum absolute atomic E-state index is 0.216. The van der Waals surface area contributed by atoms with Crippen molar-refractivity contribution >= 4 is 31.9 Å². The first-order valence-electron chi connectivity index (χ1n) is 3.89. The number of hydrogen-bond acceptors (Lipinski definition) is 1. The van der Waals surface area contributed by atoms with Gasteiger partial charge in [0.15, 0.2) is 0 Å². The summed E-state index contributed by atoms with van der Waals surface area (Å²) in [5.41, 5.74) is -0.0681. The third kappa shape index (κ3) is 2.87. The first kappa shape index (κ1) is 12.8. The zero-order valence-corrected chi connectivity index (χ0v) is 10.8. The summed E-state index contributed by atoms with van der Waals surface area (Å²) in [6, 6.07) is 2.03. The molecule has 0 aliphatic heterocycles. The van der Waals surface area contributed by atoms with Crippen LogP contribution in [0.15, 0.2) is 16.6 Å². The molecular weight excluding hydrogens is 341 g/mol. The van der Waals surface area contributed by atoms with Gasteiger partial charge in [0.05, 0.1) is 12.7 Å². The molecular formula is C9H7Br2F3O. The van der Waals surface area contributed by atoms with E-state index in [4.69, 9.17) is 4.74 Å². The van der Waals surface area contributed by atoms with Gasteiger partial charge in [0.25, 0.3) is 0 Å². The van der Waals surface area contributed by atoms with Crippen LogP contribution in [0.25, 0.3) is 0 Å². The maximum absolute atomic E-state index is 12.4. The van der Waals surface area contributed by atoms with E-state index < -0.39 is 11.7 Å². The first-order chi connectivity index (χ1) is 6.90. The molecule has 0 aliphatic rings. The van der Waals surface area contributed by atoms with Crippen LogP contribution in [-0.2, 0) is 11.5 Å². The Balaban J connectivity index is 3.32. The van der Waals surface area contributed by atoms with Gasteiger partial charge in [0.1, 0.15) is 5.75 Å². The molecule has 0 spiro atoms. The van der Waals surface area contributed by atoms with Crippen LogP contribution in [0.3, 0.4) is 0 Å². The summed E-state index contributed by atoms with van der Waals surface area (Å²) in [5.74, 6) is 0.216. The molecule has 1 nitrogen and oxygen atoms in total. The number of halogens is 5. The Kier molecular flexibility index (Phi) is 4.06. The number of ether oxygens (including phenoxy) is 1. The van der Waals surface area contributed by atoms with Crippen molar-refractivity contribution in [1.29, 1.82) is 0 Å². The van der Waals surface area contributed by atoms with Crippen molar-refractivity contribution in [3.8, 4) is 5.75 Å². The zero-order chi connectivity index (χ0) is 11.6. The Morgan fingerprint density at radius 3 is 2.33 bits per heavy atom. The van der Waals surface area contributed by atoms with Crippen LogP contribution in [0.4, 0.5) is 13.2 Å². The topological polar surface area (TPSA) is 9.23 Å². The second kappa shape index (κ2) is 4.74. The van der Waals surface area contributed by atoms with E-state index in [1.165, 1.54) is 7.11 Å². The number of benzene rings is 1. The van der Waals surface area contributed by atoms with Crippen LogP contribution in [0.1, 0.15) is 11.1 Å². The standard InChI is InChI=1S/C9H7Br2F3O/c1-15-8-3-5(9(12,13)14)2-7(11)6(8)4-10/h2-3H,4H2,1H3. The highest BCUT2D eigenvalue weighted by molar-refractivity contribution is 9.10. The predicted molar refractivity (Wildman–Crippen MR) is 58.3 cm³/mol. The van der Waals surface area contributed by atoms with Crippen molar-refractivity contribution in [2.45, 2.75) is 11.5 Å². The molecule has 0 aromatic heterocycles. The van der Waals surface area contributed by atoms with Gasteiger partial charge in [-0.3, -0.25) is 0 Å². The van der Waals surface area contributed by atoms with E-state index in [0.717, 1.165) is 12.1 Å². The van der Waals surface area contributed by atoms with Gasteiger partial charge in [-0.25, -0.2) is 0 Å². The molecule has 0 radical (unpaired) electrons. The maximum Gasteiger partial charge on any atom is 0.416 e. The van der Waals surface area contributed by atoms with Gasteiger partial charge >= 0.3 is 6.18 Å². The molecule has 1 aromatic rings. The molecule has 84 valence electrons. The Morgan fingerprint density at radius 1 is 1.33 bits per heavy atom. The fraction of sp³-hybridized carbons (Fsp3) is 0.333. The Hall–Kier alpha value is -0.230. The summed E-state index contributed by atoms with van der Waals surface area (Å²) in [4.78, 5) is 0. The maximum atomic E-state index is 12.4. The lowest BCUT2D eigenvalue weighted by atomic mass is 10.1. The lowest BCUT2D eigenvalue weighted by Gasteiger charge is -2.13. The van der Waals surface area contributed by atoms with Crippen LogP contribution in [0.2, 0.25) is 0 Å². The van der Waals surface area contributed by atoms with Gasteiger partial charge in [-0.15, -0.1) is 0 Å². The van der Waals surface area contributed by atoms with Crippen molar-refractivity contribution in [2.24, 2.45) is 0 Å². The van der Waals surface area contributed by atoms with Crippen LogP contribution in [0, 0.1) is 0 Å². The molecule has 15 heavy (non-hydrogen) atoms. The molecule has 0 atom stereocenters. The molecule has 0 fully saturated rings. The van der Waals surface area contributed by atoms with Gasteiger partial charge in [-0.1, -0.05) is 31.9 Å². The largest absolute Gasteiger partial charge is 0.496 e. The summed E-state index contributed by atoms with van der Waals surface area (Å²) < 4.78 is 42.6. The van der Waals surface area contributed by atoms with E-state index >= 15 is 0 Å². The molecule has 0 amide bonds. The van der Waals surface area contributed by atoms with Crippen LogP contribution in [-0.4, -0.2) is 7.11 Å². The molecule has 0 bridgehead atoms. The monoisotopic (exact) mass is 346 g/mol. The highest BCUT2D eigenvalue weighted by Crippen LogP contribution is 2.37. The van der Waals surface area contributed by atoms with Gasteiger partial charge in [-0.2, -0.15) is 13.2 Å². The summed E-state index contributed by atoms with van der Waals surface area (Å²) in [6.07, 6.45) is -4.36. The average Bonchev–Trinajstić information content (AvgIpc) is 2.15. The third-order valence-corrected chi connectivity index (χ3v) is 3.10. The summed E-state index contributed by atoms with van der Waals surface area (Å²) in [5, 5.41) is 0.425. The zero-order valence-electron chi connectivity index (χ0n) is 7.66. The van der Waals surface area contributed by atoms with E-state index in [1.54, 1.807) is 0 Å². The van der Waals surface area contributed by atoms with Crippen LogP contribution in [0.5, 0.6) is 5.75 Å². The SMILES string of the molecule is COc1cc(C(F)(F)F)cc(Br)c1CBr. The van der Waals surface area contributed by atoms with Gasteiger partial charge in [0, 0.05) is 15.4 Å².